The largest absolute Gasteiger partial charge is 0.314 e. The number of benzene rings is 1. The zero-order chi connectivity index (χ0) is 12.4. The van der Waals surface area contributed by atoms with Gasteiger partial charge in [-0.2, -0.15) is 0 Å². The van der Waals surface area contributed by atoms with Gasteiger partial charge in [-0.3, -0.25) is 4.90 Å². The molecule has 4 heteroatoms. The Morgan fingerprint density at radius 3 is 2.83 bits per heavy atom. The van der Waals surface area contributed by atoms with Crippen LogP contribution in [0.15, 0.2) is 34.9 Å². The molecule has 0 aliphatic carbocycles. The van der Waals surface area contributed by atoms with Crippen LogP contribution in [0.2, 0.25) is 0 Å². The average Bonchev–Trinajstić information content (AvgIpc) is 2.41. The number of halogens is 1. The fraction of sp³-hybridized carbons (Fsp3) is 0.357. The van der Waals surface area contributed by atoms with Crippen LogP contribution in [0.4, 0.5) is 0 Å². The van der Waals surface area contributed by atoms with Gasteiger partial charge in [0.15, 0.2) is 0 Å². The van der Waals surface area contributed by atoms with E-state index in [0.717, 1.165) is 42.8 Å². The second kappa shape index (κ2) is 5.34. The highest BCUT2D eigenvalue weighted by atomic mass is 79.9. The van der Waals surface area contributed by atoms with Crippen molar-refractivity contribution in [2.45, 2.75) is 6.54 Å². The first kappa shape index (κ1) is 12.1. The molecular weight excluding hydrogens is 290 g/mol. The number of piperazine rings is 1. The van der Waals surface area contributed by atoms with Crippen molar-refractivity contribution in [2.75, 3.05) is 26.2 Å². The van der Waals surface area contributed by atoms with E-state index >= 15 is 0 Å². The second-order valence-corrected chi connectivity index (χ2v) is 5.41. The normalized spacial score (nSPS) is 17.2. The van der Waals surface area contributed by atoms with Gasteiger partial charge in [0.1, 0.15) is 4.60 Å². The summed E-state index contributed by atoms with van der Waals surface area (Å²) in [7, 11) is 0. The number of para-hydroxylation sites is 1. The topological polar surface area (TPSA) is 28.2 Å². The molecule has 1 N–H and O–H groups in total. The van der Waals surface area contributed by atoms with Crippen molar-refractivity contribution in [1.29, 1.82) is 0 Å². The minimum atomic E-state index is 0.972. The fourth-order valence-corrected chi connectivity index (χ4v) is 2.79. The number of hydrogen-bond acceptors (Lipinski definition) is 3. The van der Waals surface area contributed by atoms with Crippen LogP contribution < -0.4 is 5.32 Å². The van der Waals surface area contributed by atoms with Crippen LogP contribution in [-0.2, 0) is 6.54 Å². The molecule has 1 aliphatic rings. The van der Waals surface area contributed by atoms with E-state index in [1.807, 2.05) is 6.07 Å². The quantitative estimate of drug-likeness (QED) is 0.864. The van der Waals surface area contributed by atoms with E-state index in [1.54, 1.807) is 0 Å². The average molecular weight is 306 g/mol. The van der Waals surface area contributed by atoms with Gasteiger partial charge in [-0.15, -0.1) is 0 Å². The van der Waals surface area contributed by atoms with Gasteiger partial charge in [0, 0.05) is 38.1 Å². The van der Waals surface area contributed by atoms with Gasteiger partial charge in [-0.25, -0.2) is 4.98 Å². The molecule has 0 unspecified atom stereocenters. The molecule has 1 aromatic heterocycles. The van der Waals surface area contributed by atoms with Crippen LogP contribution in [0.5, 0.6) is 0 Å². The lowest BCUT2D eigenvalue weighted by Gasteiger charge is -2.27. The Balaban J connectivity index is 1.88. The van der Waals surface area contributed by atoms with Crippen LogP contribution in [0, 0.1) is 0 Å². The van der Waals surface area contributed by atoms with Crippen molar-refractivity contribution in [1.82, 2.24) is 15.2 Å². The Kier molecular flexibility index (Phi) is 3.59. The number of nitrogens with one attached hydrogen (secondary N) is 1. The first-order valence-electron chi connectivity index (χ1n) is 6.30. The number of nitrogens with zero attached hydrogens (tertiary/aromatic N) is 2. The number of fused-ring (bicyclic) bond motifs is 1. The monoisotopic (exact) mass is 305 g/mol. The molecule has 0 saturated carbocycles. The molecular formula is C14H16BrN3. The molecule has 2 aromatic rings. The summed E-state index contributed by atoms with van der Waals surface area (Å²) in [5.41, 5.74) is 2.32. The number of rotatable bonds is 2. The van der Waals surface area contributed by atoms with Gasteiger partial charge >= 0.3 is 0 Å². The Morgan fingerprint density at radius 2 is 2.00 bits per heavy atom. The maximum absolute atomic E-state index is 4.62. The zero-order valence-electron chi connectivity index (χ0n) is 10.2. The molecule has 3 rings (SSSR count). The summed E-state index contributed by atoms with van der Waals surface area (Å²) in [5, 5.41) is 4.59. The molecule has 0 bridgehead atoms. The van der Waals surface area contributed by atoms with E-state index < -0.39 is 0 Å². The molecule has 0 spiro atoms. The molecule has 1 aromatic carbocycles. The van der Waals surface area contributed by atoms with Crippen LogP contribution >= 0.6 is 15.9 Å². The molecule has 94 valence electrons. The van der Waals surface area contributed by atoms with Crippen molar-refractivity contribution >= 4 is 26.8 Å². The maximum atomic E-state index is 4.62. The molecule has 0 amide bonds. The lowest BCUT2D eigenvalue weighted by atomic mass is 10.1. The van der Waals surface area contributed by atoms with Crippen LogP contribution in [0.1, 0.15) is 5.56 Å². The second-order valence-electron chi connectivity index (χ2n) is 4.66. The minimum Gasteiger partial charge on any atom is -0.314 e. The summed E-state index contributed by atoms with van der Waals surface area (Å²) in [6.45, 7) is 5.36. The van der Waals surface area contributed by atoms with Gasteiger partial charge < -0.3 is 5.32 Å². The molecule has 1 saturated heterocycles. The summed E-state index contributed by atoms with van der Waals surface area (Å²) in [6, 6.07) is 10.5. The molecule has 2 heterocycles. The molecule has 0 atom stereocenters. The van der Waals surface area contributed by atoms with Gasteiger partial charge in [0.25, 0.3) is 0 Å². The SMILES string of the molecule is Brc1nc2ccccc2cc1CN1CCNCC1. The van der Waals surface area contributed by atoms with E-state index in [2.05, 4.69) is 55.4 Å². The highest BCUT2D eigenvalue weighted by molar-refractivity contribution is 9.10. The molecule has 18 heavy (non-hydrogen) atoms. The van der Waals surface area contributed by atoms with Crippen LogP contribution in [-0.4, -0.2) is 36.1 Å². The van der Waals surface area contributed by atoms with E-state index in [9.17, 15) is 0 Å². The zero-order valence-corrected chi connectivity index (χ0v) is 11.8. The van der Waals surface area contributed by atoms with Gasteiger partial charge in [-0.05, 0) is 33.6 Å². The molecule has 0 radical (unpaired) electrons. The van der Waals surface area contributed by atoms with Crippen molar-refractivity contribution in [3.05, 3.63) is 40.5 Å². The van der Waals surface area contributed by atoms with E-state index in [-0.39, 0.29) is 0 Å². The highest BCUT2D eigenvalue weighted by Gasteiger charge is 2.12. The van der Waals surface area contributed by atoms with Crippen molar-refractivity contribution in [3.63, 3.8) is 0 Å². The van der Waals surface area contributed by atoms with Crippen molar-refractivity contribution < 1.29 is 0 Å². The minimum absolute atomic E-state index is 0.972. The predicted octanol–water partition coefficient (Wildman–Crippen LogP) is 2.40. The third-order valence-electron chi connectivity index (χ3n) is 3.35. The Bertz CT molecular complexity index is 550. The van der Waals surface area contributed by atoms with Crippen LogP contribution in [0.3, 0.4) is 0 Å². The Morgan fingerprint density at radius 1 is 1.22 bits per heavy atom. The summed E-state index contributed by atoms with van der Waals surface area (Å²) in [5.74, 6) is 0. The van der Waals surface area contributed by atoms with E-state index in [1.165, 1.54) is 10.9 Å². The summed E-state index contributed by atoms with van der Waals surface area (Å²) in [4.78, 5) is 7.08. The Hall–Kier alpha value is -0.970. The Labute approximate surface area is 115 Å². The first-order chi connectivity index (χ1) is 8.83. The number of pyridine rings is 1. The van der Waals surface area contributed by atoms with Crippen molar-refractivity contribution in [2.24, 2.45) is 0 Å². The highest BCUT2D eigenvalue weighted by Crippen LogP contribution is 2.22. The van der Waals surface area contributed by atoms with Gasteiger partial charge in [-0.1, -0.05) is 18.2 Å². The first-order valence-corrected chi connectivity index (χ1v) is 7.09. The summed E-state index contributed by atoms with van der Waals surface area (Å²) < 4.78 is 0.972. The number of aromatic nitrogens is 1. The lowest BCUT2D eigenvalue weighted by molar-refractivity contribution is 0.232. The lowest BCUT2D eigenvalue weighted by Crippen LogP contribution is -2.42. The van der Waals surface area contributed by atoms with Gasteiger partial charge in [0.2, 0.25) is 0 Å². The summed E-state index contributed by atoms with van der Waals surface area (Å²) >= 11 is 3.59. The molecule has 1 aliphatic heterocycles. The molecule has 3 nitrogen and oxygen atoms in total. The fourth-order valence-electron chi connectivity index (χ4n) is 2.36. The summed E-state index contributed by atoms with van der Waals surface area (Å²) in [6.07, 6.45) is 0. The molecule has 1 fully saturated rings. The third-order valence-corrected chi connectivity index (χ3v) is 4.04. The smallest absolute Gasteiger partial charge is 0.111 e. The maximum Gasteiger partial charge on any atom is 0.111 e. The van der Waals surface area contributed by atoms with Gasteiger partial charge in [0.05, 0.1) is 5.52 Å². The van der Waals surface area contributed by atoms with Crippen LogP contribution in [0.25, 0.3) is 10.9 Å². The standard InChI is InChI=1S/C14H16BrN3/c15-14-12(10-18-7-5-16-6-8-18)9-11-3-1-2-4-13(11)17-14/h1-4,9,16H,5-8,10H2. The van der Waals surface area contributed by atoms with E-state index in [4.69, 9.17) is 0 Å². The third kappa shape index (κ3) is 2.55. The van der Waals surface area contributed by atoms with Crippen molar-refractivity contribution in [3.8, 4) is 0 Å². The number of hydrogen-bond donors (Lipinski definition) is 1. The predicted molar refractivity (Wildman–Crippen MR) is 77.6 cm³/mol. The van der Waals surface area contributed by atoms with E-state index in [0.29, 0.717) is 0 Å².